The van der Waals surface area contributed by atoms with Crippen LogP contribution in [0, 0.1) is 4.78 Å². The fourth-order valence-corrected chi connectivity index (χ4v) is 4.28. The quantitative estimate of drug-likeness (QED) is 0.568. The summed E-state index contributed by atoms with van der Waals surface area (Å²) in [4.78, 5) is 12.7. The normalized spacial score (nSPS) is 12.6. The predicted octanol–water partition coefficient (Wildman–Crippen LogP) is 2.71. The Hall–Kier alpha value is -3.53. The van der Waals surface area contributed by atoms with Crippen LogP contribution in [0.4, 0.5) is 0 Å². The fourth-order valence-electron chi connectivity index (χ4n) is 2.93. The first-order chi connectivity index (χ1) is 14.4. The molecule has 30 heavy (non-hydrogen) atoms. The molecule has 0 aliphatic carbocycles. The minimum absolute atomic E-state index is 0.0365. The van der Waals surface area contributed by atoms with Gasteiger partial charge in [0.25, 0.3) is 5.91 Å². The number of hydrogen-bond donors (Lipinski definition) is 2. The molecule has 0 aliphatic rings. The summed E-state index contributed by atoms with van der Waals surface area (Å²) in [6.07, 6.45) is 3.49. The van der Waals surface area contributed by atoms with Crippen molar-refractivity contribution in [3.8, 4) is 17.2 Å². The van der Waals surface area contributed by atoms with Gasteiger partial charge < -0.3 is 14.2 Å². The van der Waals surface area contributed by atoms with E-state index in [2.05, 4.69) is 9.82 Å². The highest BCUT2D eigenvalue weighted by molar-refractivity contribution is 7.91. The van der Waals surface area contributed by atoms with E-state index in [-0.39, 0.29) is 22.0 Å². The van der Waals surface area contributed by atoms with E-state index in [4.69, 9.17) is 19.0 Å². The average molecular weight is 430 g/mol. The van der Waals surface area contributed by atoms with Crippen LogP contribution in [0.1, 0.15) is 15.9 Å². The second-order valence-electron chi connectivity index (χ2n) is 6.21. The number of nitrogens with one attached hydrogen (secondary N) is 2. The lowest BCUT2D eigenvalue weighted by Crippen LogP contribution is -2.30. The number of carbonyl (C=O) groups is 1. The van der Waals surface area contributed by atoms with E-state index in [1.807, 2.05) is 12.3 Å². The molecule has 0 saturated carbocycles. The van der Waals surface area contributed by atoms with Gasteiger partial charge in [0.05, 0.1) is 27.9 Å². The van der Waals surface area contributed by atoms with Crippen molar-refractivity contribution in [1.82, 2.24) is 14.5 Å². The zero-order chi connectivity index (χ0) is 21.7. The van der Waals surface area contributed by atoms with E-state index < -0.39 is 15.8 Å². The van der Waals surface area contributed by atoms with E-state index >= 15 is 0 Å². The number of hydrogen-bond acceptors (Lipinski definition) is 7. The number of rotatable bonds is 8. The second kappa shape index (κ2) is 8.87. The van der Waals surface area contributed by atoms with E-state index in [9.17, 15) is 9.00 Å². The van der Waals surface area contributed by atoms with Crippen molar-refractivity contribution in [2.45, 2.75) is 11.4 Å². The third-order valence-corrected chi connectivity index (χ3v) is 5.80. The van der Waals surface area contributed by atoms with Gasteiger partial charge in [-0.1, -0.05) is 12.1 Å². The van der Waals surface area contributed by atoms with Crippen molar-refractivity contribution in [3.63, 3.8) is 0 Å². The number of methoxy groups -OCH3 is 3. The molecule has 1 amide bonds. The molecule has 9 nitrogen and oxygen atoms in total. The van der Waals surface area contributed by atoms with Crippen molar-refractivity contribution in [2.75, 3.05) is 21.3 Å². The minimum Gasteiger partial charge on any atom is -0.496 e. The molecule has 0 spiro atoms. The Morgan fingerprint density at radius 1 is 1.07 bits per heavy atom. The molecule has 1 heterocycles. The van der Waals surface area contributed by atoms with Crippen LogP contribution < -0.4 is 18.9 Å². The van der Waals surface area contributed by atoms with Gasteiger partial charge in [0.15, 0.2) is 14.8 Å². The first-order valence-electron chi connectivity index (χ1n) is 8.86. The van der Waals surface area contributed by atoms with Crippen LogP contribution in [-0.2, 0) is 16.5 Å². The number of ether oxygens (including phenoxy) is 3. The van der Waals surface area contributed by atoms with Gasteiger partial charge in [0, 0.05) is 23.5 Å². The Labute approximate surface area is 174 Å². The lowest BCUT2D eigenvalue weighted by molar-refractivity contribution is 0.0982. The van der Waals surface area contributed by atoms with Gasteiger partial charge in [-0.25, -0.2) is 8.99 Å². The third kappa shape index (κ3) is 4.38. The molecule has 0 aliphatic heterocycles. The second-order valence-corrected chi connectivity index (χ2v) is 7.93. The minimum atomic E-state index is -3.77. The van der Waals surface area contributed by atoms with Crippen molar-refractivity contribution in [3.05, 3.63) is 66.0 Å². The van der Waals surface area contributed by atoms with Crippen LogP contribution in [0.3, 0.4) is 0 Å². The molecule has 0 radical (unpaired) electrons. The molecule has 3 aromatic rings. The maximum absolute atomic E-state index is 13.1. The Bertz CT molecular complexity index is 1120. The molecule has 2 N–H and O–H groups in total. The van der Waals surface area contributed by atoms with Crippen LogP contribution in [0.25, 0.3) is 0 Å². The summed E-state index contributed by atoms with van der Waals surface area (Å²) in [6.45, 7) is 0.464. The van der Waals surface area contributed by atoms with Gasteiger partial charge in [-0.3, -0.25) is 14.2 Å². The highest BCUT2D eigenvalue weighted by atomic mass is 32.2. The highest BCUT2D eigenvalue weighted by Gasteiger charge is 2.24. The summed E-state index contributed by atoms with van der Waals surface area (Å²) in [6, 6.07) is 11.4. The van der Waals surface area contributed by atoms with Crippen molar-refractivity contribution in [2.24, 2.45) is 0 Å². The number of nitrogens with zero attached hydrogens (tertiary/aromatic N) is 2. The zero-order valence-electron chi connectivity index (χ0n) is 16.7. The topological polar surface area (TPSA) is 116 Å². The summed E-state index contributed by atoms with van der Waals surface area (Å²) in [7, 11) is 0.504. The Kier molecular flexibility index (Phi) is 6.26. The smallest absolute Gasteiger partial charge is 0.263 e. The van der Waals surface area contributed by atoms with Crippen LogP contribution >= 0.6 is 0 Å². The summed E-state index contributed by atoms with van der Waals surface area (Å²) < 4.78 is 41.2. The molecule has 10 heteroatoms. The van der Waals surface area contributed by atoms with Gasteiger partial charge in [-0.05, 0) is 30.3 Å². The van der Waals surface area contributed by atoms with E-state index in [1.165, 1.54) is 27.4 Å². The molecule has 0 bridgehead atoms. The van der Waals surface area contributed by atoms with E-state index in [0.717, 1.165) is 5.56 Å². The molecule has 1 aromatic heterocycles. The molecule has 0 saturated heterocycles. The maximum atomic E-state index is 13.1. The summed E-state index contributed by atoms with van der Waals surface area (Å²) >= 11 is 0. The number of amides is 1. The monoisotopic (exact) mass is 430 g/mol. The van der Waals surface area contributed by atoms with Gasteiger partial charge in [0.2, 0.25) is 0 Å². The number of aromatic nitrogens is 2. The van der Waals surface area contributed by atoms with E-state index in [0.29, 0.717) is 12.3 Å². The van der Waals surface area contributed by atoms with Crippen LogP contribution in [0.2, 0.25) is 0 Å². The first kappa shape index (κ1) is 21.2. The highest BCUT2D eigenvalue weighted by Crippen LogP contribution is 2.33. The summed E-state index contributed by atoms with van der Waals surface area (Å²) in [5.41, 5.74) is 1.01. The molecule has 2 aromatic carbocycles. The number of carbonyl (C=O) groups excluding carboxylic acids is 1. The third-order valence-electron chi connectivity index (χ3n) is 4.35. The number of benzene rings is 2. The Morgan fingerprint density at radius 2 is 1.73 bits per heavy atom. The van der Waals surface area contributed by atoms with Crippen LogP contribution in [-0.4, -0.2) is 41.2 Å². The predicted molar refractivity (Wildman–Crippen MR) is 110 cm³/mol. The Balaban J connectivity index is 1.89. The molecule has 0 fully saturated rings. The average Bonchev–Trinajstić information content (AvgIpc) is 3.26. The Morgan fingerprint density at radius 3 is 2.30 bits per heavy atom. The van der Waals surface area contributed by atoms with Gasteiger partial charge in [0.1, 0.15) is 17.2 Å². The first-order valence-corrected chi connectivity index (χ1v) is 10.4. The van der Waals surface area contributed by atoms with Crippen LogP contribution in [0.5, 0.6) is 17.2 Å². The molecule has 158 valence electrons. The maximum Gasteiger partial charge on any atom is 0.263 e. The van der Waals surface area contributed by atoms with Crippen molar-refractivity contribution >= 4 is 15.8 Å². The summed E-state index contributed by atoms with van der Waals surface area (Å²) in [5, 5.41) is 4.15. The summed E-state index contributed by atoms with van der Waals surface area (Å²) in [5.74, 6) is 0.153. The largest absolute Gasteiger partial charge is 0.496 e. The van der Waals surface area contributed by atoms with Gasteiger partial charge >= 0.3 is 0 Å². The van der Waals surface area contributed by atoms with E-state index in [1.54, 1.807) is 41.2 Å². The molecular weight excluding hydrogens is 408 g/mol. The zero-order valence-corrected chi connectivity index (χ0v) is 17.6. The standard InChI is InChI=1S/C20H22N4O5S/c1-27-16-6-4-7-17(28-2)19(16)30(21,26)23-20(25)14-8-9-15(18(12-14)29-3)13-24-11-5-10-22-24/h4-12H,13H2,1-3H3,(H2,21,23,25,26). The molecule has 1 unspecified atom stereocenters. The molecule has 1 atom stereocenters. The van der Waals surface area contributed by atoms with Crippen molar-refractivity contribution in [1.29, 1.82) is 4.78 Å². The molecular formula is C20H22N4O5S. The SMILES string of the molecule is COc1cc(C(=O)NS(=N)(=O)c2c(OC)cccc2OC)ccc1Cn1cccn1. The van der Waals surface area contributed by atoms with Gasteiger partial charge in [-0.2, -0.15) is 5.10 Å². The van der Waals surface area contributed by atoms with Gasteiger partial charge in [-0.15, -0.1) is 0 Å². The lowest BCUT2D eigenvalue weighted by atomic mass is 10.1. The lowest BCUT2D eigenvalue weighted by Gasteiger charge is -2.17. The van der Waals surface area contributed by atoms with Crippen LogP contribution in [0.15, 0.2) is 59.8 Å². The fraction of sp³-hybridized carbons (Fsp3) is 0.200. The van der Waals surface area contributed by atoms with Crippen molar-refractivity contribution < 1.29 is 23.2 Å². The molecule has 3 rings (SSSR count).